The Morgan fingerprint density at radius 3 is 2.94 bits per heavy atom. The summed E-state index contributed by atoms with van der Waals surface area (Å²) in [5, 5.41) is 3.76. The van der Waals surface area contributed by atoms with E-state index in [1.54, 1.807) is 11.3 Å². The van der Waals surface area contributed by atoms with Crippen LogP contribution in [0.2, 0.25) is 0 Å². The topological polar surface area (TPSA) is 42.0 Å². The standard InChI is InChI=1S/C14H22N2OS/c1-2-3-5-10-13(17)16-14-15-11-8-6-4-7-9-12(11)18-14/h2-10H2,1H3,(H,15,16,17). The fraction of sp³-hybridized carbons (Fsp3) is 0.714. The maximum atomic E-state index is 11.7. The number of hydrogen-bond donors (Lipinski definition) is 1. The summed E-state index contributed by atoms with van der Waals surface area (Å²) in [6, 6.07) is 0. The van der Waals surface area contributed by atoms with Gasteiger partial charge in [0, 0.05) is 11.3 Å². The van der Waals surface area contributed by atoms with E-state index >= 15 is 0 Å². The van der Waals surface area contributed by atoms with Gasteiger partial charge in [0.1, 0.15) is 0 Å². The van der Waals surface area contributed by atoms with Crippen molar-refractivity contribution in [3.8, 4) is 0 Å². The molecular formula is C14H22N2OS. The van der Waals surface area contributed by atoms with Gasteiger partial charge < -0.3 is 5.32 Å². The lowest BCUT2D eigenvalue weighted by molar-refractivity contribution is -0.116. The molecule has 1 aliphatic rings. The quantitative estimate of drug-likeness (QED) is 0.648. The van der Waals surface area contributed by atoms with Crippen LogP contribution < -0.4 is 5.32 Å². The molecule has 0 saturated carbocycles. The first-order chi connectivity index (χ1) is 8.79. The Hall–Kier alpha value is -0.900. The Bertz CT molecular complexity index is 377. The van der Waals surface area contributed by atoms with Crippen LogP contribution in [0.15, 0.2) is 0 Å². The first-order valence-corrected chi connectivity index (χ1v) is 7.89. The molecule has 0 aromatic carbocycles. The number of fused-ring (bicyclic) bond motifs is 1. The van der Waals surface area contributed by atoms with Gasteiger partial charge in [-0.2, -0.15) is 0 Å². The van der Waals surface area contributed by atoms with Crippen molar-refractivity contribution < 1.29 is 4.79 Å². The molecule has 0 radical (unpaired) electrons. The first kappa shape index (κ1) is 13.5. The van der Waals surface area contributed by atoms with E-state index in [9.17, 15) is 4.79 Å². The number of hydrogen-bond acceptors (Lipinski definition) is 3. The lowest BCUT2D eigenvalue weighted by atomic mass is 10.2. The summed E-state index contributed by atoms with van der Waals surface area (Å²) in [6.45, 7) is 2.15. The summed E-state index contributed by atoms with van der Waals surface area (Å²) in [5.41, 5.74) is 1.22. The molecular weight excluding hydrogens is 244 g/mol. The van der Waals surface area contributed by atoms with Crippen LogP contribution >= 0.6 is 11.3 Å². The molecule has 1 aliphatic carbocycles. The van der Waals surface area contributed by atoms with Crippen LogP contribution in [0.4, 0.5) is 5.13 Å². The van der Waals surface area contributed by atoms with Crippen LogP contribution in [0.25, 0.3) is 0 Å². The Morgan fingerprint density at radius 1 is 1.28 bits per heavy atom. The average Bonchev–Trinajstić information content (AvgIpc) is 2.59. The van der Waals surface area contributed by atoms with Crippen molar-refractivity contribution in [2.45, 2.75) is 64.7 Å². The molecule has 1 N–H and O–H groups in total. The highest BCUT2D eigenvalue weighted by atomic mass is 32.1. The SMILES string of the molecule is CCCCCC(=O)Nc1nc2c(s1)CCCCC2. The van der Waals surface area contributed by atoms with E-state index in [0.717, 1.165) is 37.2 Å². The van der Waals surface area contributed by atoms with Crippen LogP contribution in [0.1, 0.15) is 62.4 Å². The molecule has 4 heteroatoms. The summed E-state index contributed by atoms with van der Waals surface area (Å²) >= 11 is 1.67. The minimum Gasteiger partial charge on any atom is -0.302 e. The van der Waals surface area contributed by atoms with Crippen LogP contribution in [0, 0.1) is 0 Å². The van der Waals surface area contributed by atoms with Crippen molar-refractivity contribution in [3.05, 3.63) is 10.6 Å². The van der Waals surface area contributed by atoms with E-state index < -0.39 is 0 Å². The van der Waals surface area contributed by atoms with Crippen LogP contribution in [-0.2, 0) is 17.6 Å². The van der Waals surface area contributed by atoms with Gasteiger partial charge in [-0.15, -0.1) is 11.3 Å². The third-order valence-electron chi connectivity index (χ3n) is 3.35. The van der Waals surface area contributed by atoms with Crippen molar-refractivity contribution in [3.63, 3.8) is 0 Å². The van der Waals surface area contributed by atoms with Gasteiger partial charge in [-0.1, -0.05) is 26.2 Å². The monoisotopic (exact) mass is 266 g/mol. The number of carbonyl (C=O) groups is 1. The second-order valence-corrected chi connectivity index (χ2v) is 6.04. The highest BCUT2D eigenvalue weighted by molar-refractivity contribution is 7.15. The lowest BCUT2D eigenvalue weighted by Gasteiger charge is -2.00. The van der Waals surface area contributed by atoms with Gasteiger partial charge in [0.2, 0.25) is 5.91 Å². The van der Waals surface area contributed by atoms with E-state index in [1.165, 1.54) is 29.8 Å². The average molecular weight is 266 g/mol. The highest BCUT2D eigenvalue weighted by Gasteiger charge is 2.15. The zero-order valence-electron chi connectivity index (χ0n) is 11.1. The Kier molecular flexibility index (Phi) is 5.17. The van der Waals surface area contributed by atoms with Crippen molar-refractivity contribution in [2.75, 3.05) is 5.32 Å². The molecule has 1 aromatic rings. The van der Waals surface area contributed by atoms with Gasteiger partial charge in [0.15, 0.2) is 5.13 Å². The maximum Gasteiger partial charge on any atom is 0.226 e. The molecule has 1 aromatic heterocycles. The smallest absolute Gasteiger partial charge is 0.226 e. The molecule has 1 heterocycles. The fourth-order valence-corrected chi connectivity index (χ4v) is 3.37. The maximum absolute atomic E-state index is 11.7. The molecule has 100 valence electrons. The van der Waals surface area contributed by atoms with Gasteiger partial charge in [-0.05, 0) is 32.1 Å². The van der Waals surface area contributed by atoms with Crippen LogP contribution in [0.3, 0.4) is 0 Å². The molecule has 18 heavy (non-hydrogen) atoms. The van der Waals surface area contributed by atoms with Crippen molar-refractivity contribution in [2.24, 2.45) is 0 Å². The van der Waals surface area contributed by atoms with Crippen LogP contribution in [-0.4, -0.2) is 10.9 Å². The van der Waals surface area contributed by atoms with Gasteiger partial charge >= 0.3 is 0 Å². The van der Waals surface area contributed by atoms with Gasteiger partial charge in [0.25, 0.3) is 0 Å². The number of rotatable bonds is 5. The molecule has 3 nitrogen and oxygen atoms in total. The summed E-state index contributed by atoms with van der Waals surface area (Å²) in [6.07, 6.45) is 9.91. The third-order valence-corrected chi connectivity index (χ3v) is 4.42. The largest absolute Gasteiger partial charge is 0.302 e. The second-order valence-electron chi connectivity index (χ2n) is 4.95. The number of thiazole rings is 1. The van der Waals surface area contributed by atoms with Crippen molar-refractivity contribution >= 4 is 22.4 Å². The van der Waals surface area contributed by atoms with E-state index in [-0.39, 0.29) is 5.91 Å². The highest BCUT2D eigenvalue weighted by Crippen LogP contribution is 2.28. The van der Waals surface area contributed by atoms with E-state index in [4.69, 9.17) is 0 Å². The van der Waals surface area contributed by atoms with E-state index in [2.05, 4.69) is 17.2 Å². The number of aromatic nitrogens is 1. The Balaban J connectivity index is 1.88. The summed E-state index contributed by atoms with van der Waals surface area (Å²) in [5.74, 6) is 0.118. The number of unbranched alkanes of at least 4 members (excludes halogenated alkanes) is 2. The fourth-order valence-electron chi connectivity index (χ4n) is 2.30. The molecule has 0 unspecified atom stereocenters. The number of nitrogens with zero attached hydrogens (tertiary/aromatic N) is 1. The lowest BCUT2D eigenvalue weighted by Crippen LogP contribution is -2.10. The molecule has 0 saturated heterocycles. The van der Waals surface area contributed by atoms with E-state index in [1.807, 2.05) is 0 Å². The first-order valence-electron chi connectivity index (χ1n) is 7.08. The minimum absolute atomic E-state index is 0.118. The molecule has 0 bridgehead atoms. The number of carbonyl (C=O) groups excluding carboxylic acids is 1. The van der Waals surface area contributed by atoms with Gasteiger partial charge in [-0.3, -0.25) is 4.79 Å². The summed E-state index contributed by atoms with van der Waals surface area (Å²) in [7, 11) is 0. The molecule has 1 amide bonds. The van der Waals surface area contributed by atoms with Gasteiger partial charge in [0.05, 0.1) is 5.69 Å². The summed E-state index contributed by atoms with van der Waals surface area (Å²) in [4.78, 5) is 17.7. The van der Waals surface area contributed by atoms with Crippen LogP contribution in [0.5, 0.6) is 0 Å². The Morgan fingerprint density at radius 2 is 2.11 bits per heavy atom. The minimum atomic E-state index is 0.118. The van der Waals surface area contributed by atoms with E-state index in [0.29, 0.717) is 6.42 Å². The molecule has 2 rings (SSSR count). The zero-order chi connectivity index (χ0) is 12.8. The molecule has 0 fully saturated rings. The predicted molar refractivity (Wildman–Crippen MR) is 76.1 cm³/mol. The third kappa shape index (κ3) is 3.80. The number of aryl methyl sites for hydroxylation is 2. The van der Waals surface area contributed by atoms with Crippen molar-refractivity contribution in [1.29, 1.82) is 0 Å². The second kappa shape index (κ2) is 6.88. The Labute approximate surface area is 113 Å². The van der Waals surface area contributed by atoms with Gasteiger partial charge in [-0.25, -0.2) is 4.98 Å². The van der Waals surface area contributed by atoms with Crippen molar-refractivity contribution in [1.82, 2.24) is 4.98 Å². The summed E-state index contributed by atoms with van der Waals surface area (Å²) < 4.78 is 0. The molecule has 0 atom stereocenters. The number of anilines is 1. The predicted octanol–water partition coefficient (Wildman–Crippen LogP) is 3.93. The molecule has 0 spiro atoms. The number of nitrogens with one attached hydrogen (secondary N) is 1. The molecule has 0 aliphatic heterocycles. The zero-order valence-corrected chi connectivity index (χ0v) is 11.9. The number of amides is 1. The normalized spacial score (nSPS) is 14.9.